The normalized spacial score (nSPS) is 10.6. The van der Waals surface area contributed by atoms with E-state index in [0.717, 1.165) is 21.3 Å². The van der Waals surface area contributed by atoms with Crippen molar-refractivity contribution in [3.8, 4) is 5.75 Å². The first-order valence-electron chi connectivity index (χ1n) is 6.41. The minimum atomic E-state index is -0.369. The number of hydrogen-bond donors (Lipinski definition) is 0. The Hall–Kier alpha value is -2.07. The molecule has 0 saturated carbocycles. The quantitative estimate of drug-likeness (QED) is 0.600. The number of carbonyl (C=O) groups is 1. The molecule has 0 aliphatic carbocycles. The van der Waals surface area contributed by atoms with Gasteiger partial charge in [-0.3, -0.25) is 0 Å². The van der Waals surface area contributed by atoms with Crippen LogP contribution in [0.2, 0.25) is 0 Å². The molecule has 0 atom stereocenters. The summed E-state index contributed by atoms with van der Waals surface area (Å²) in [5.41, 5.74) is 1.96. The van der Waals surface area contributed by atoms with Crippen LogP contribution in [0.5, 0.6) is 5.75 Å². The molecule has 0 fully saturated rings. The smallest absolute Gasteiger partial charge is 0.330 e. The Balaban J connectivity index is 1.99. The lowest BCUT2D eigenvalue weighted by atomic mass is 10.1. The van der Waals surface area contributed by atoms with Crippen molar-refractivity contribution < 1.29 is 14.3 Å². The highest BCUT2D eigenvalue weighted by Gasteiger charge is 1.98. The predicted molar refractivity (Wildman–Crippen MR) is 86.0 cm³/mol. The largest absolute Gasteiger partial charge is 0.489 e. The van der Waals surface area contributed by atoms with Gasteiger partial charge in [-0.25, -0.2) is 4.79 Å². The Morgan fingerprint density at radius 3 is 2.67 bits per heavy atom. The van der Waals surface area contributed by atoms with Gasteiger partial charge in [0.05, 0.1) is 7.11 Å². The third-order valence-electron chi connectivity index (χ3n) is 2.78. The summed E-state index contributed by atoms with van der Waals surface area (Å²) in [4.78, 5) is 11.1. The van der Waals surface area contributed by atoms with Crippen LogP contribution in [0.1, 0.15) is 11.1 Å². The summed E-state index contributed by atoms with van der Waals surface area (Å²) in [6.07, 6.45) is 3.11. The van der Waals surface area contributed by atoms with Gasteiger partial charge in [-0.2, -0.15) is 0 Å². The number of esters is 1. The molecule has 21 heavy (non-hydrogen) atoms. The van der Waals surface area contributed by atoms with E-state index in [1.54, 1.807) is 6.08 Å². The van der Waals surface area contributed by atoms with Gasteiger partial charge in [-0.15, -0.1) is 0 Å². The highest BCUT2D eigenvalue weighted by Crippen LogP contribution is 2.17. The minimum absolute atomic E-state index is 0.369. The van der Waals surface area contributed by atoms with E-state index < -0.39 is 0 Å². The van der Waals surface area contributed by atoms with E-state index >= 15 is 0 Å². The van der Waals surface area contributed by atoms with Crippen molar-refractivity contribution in [3.05, 3.63) is 70.2 Å². The monoisotopic (exact) mass is 346 g/mol. The Morgan fingerprint density at radius 1 is 1.19 bits per heavy atom. The molecule has 0 N–H and O–H groups in total. The fourth-order valence-electron chi connectivity index (χ4n) is 1.72. The van der Waals surface area contributed by atoms with E-state index in [1.807, 2.05) is 48.5 Å². The first-order chi connectivity index (χ1) is 10.2. The second-order valence-corrected chi connectivity index (χ2v) is 5.26. The van der Waals surface area contributed by atoms with Crippen molar-refractivity contribution in [1.82, 2.24) is 0 Å². The van der Waals surface area contributed by atoms with Gasteiger partial charge in [0.2, 0.25) is 0 Å². The van der Waals surface area contributed by atoms with Crippen LogP contribution in [0.4, 0.5) is 0 Å². The van der Waals surface area contributed by atoms with Gasteiger partial charge in [0.1, 0.15) is 12.4 Å². The lowest BCUT2D eigenvalue weighted by Gasteiger charge is -2.07. The molecule has 0 heterocycles. The van der Waals surface area contributed by atoms with E-state index in [1.165, 1.54) is 13.2 Å². The highest BCUT2D eigenvalue weighted by atomic mass is 79.9. The zero-order valence-electron chi connectivity index (χ0n) is 11.6. The van der Waals surface area contributed by atoms with Crippen LogP contribution in [0.25, 0.3) is 6.08 Å². The van der Waals surface area contributed by atoms with Crippen LogP contribution in [-0.2, 0) is 16.1 Å². The Labute approximate surface area is 132 Å². The molecule has 4 heteroatoms. The molecule has 0 saturated heterocycles. The van der Waals surface area contributed by atoms with E-state index in [4.69, 9.17) is 4.74 Å². The van der Waals surface area contributed by atoms with E-state index in [-0.39, 0.29) is 5.97 Å². The van der Waals surface area contributed by atoms with Gasteiger partial charge in [-0.1, -0.05) is 34.1 Å². The molecule has 2 aromatic carbocycles. The summed E-state index contributed by atoms with van der Waals surface area (Å²) >= 11 is 3.38. The lowest BCUT2D eigenvalue weighted by molar-refractivity contribution is -0.134. The molecule has 2 aromatic rings. The molecular weight excluding hydrogens is 332 g/mol. The van der Waals surface area contributed by atoms with Crippen LogP contribution in [0, 0.1) is 0 Å². The van der Waals surface area contributed by atoms with Gasteiger partial charge in [0.15, 0.2) is 0 Å². The summed E-state index contributed by atoms with van der Waals surface area (Å²) in [5.74, 6) is 0.445. The fraction of sp³-hybridized carbons (Fsp3) is 0.118. The van der Waals surface area contributed by atoms with Gasteiger partial charge < -0.3 is 9.47 Å². The first-order valence-corrected chi connectivity index (χ1v) is 7.20. The maximum Gasteiger partial charge on any atom is 0.330 e. The molecule has 0 amide bonds. The maximum atomic E-state index is 11.1. The standard InChI is InChI=1S/C17H15BrO3/c1-20-17(19)10-5-13-3-2-4-14(11-13)12-21-16-8-6-15(18)7-9-16/h2-11H,12H2,1H3. The number of methoxy groups -OCH3 is 1. The van der Waals surface area contributed by atoms with Crippen molar-refractivity contribution in [2.24, 2.45) is 0 Å². The lowest BCUT2D eigenvalue weighted by Crippen LogP contribution is -1.96. The topological polar surface area (TPSA) is 35.5 Å². The third kappa shape index (κ3) is 5.08. The predicted octanol–water partition coefficient (Wildman–Crippen LogP) is 4.21. The summed E-state index contributed by atoms with van der Waals surface area (Å²) < 4.78 is 11.3. The molecule has 0 unspecified atom stereocenters. The first kappa shape index (κ1) is 15.3. The van der Waals surface area contributed by atoms with Crippen LogP contribution in [-0.4, -0.2) is 13.1 Å². The zero-order valence-corrected chi connectivity index (χ0v) is 13.2. The number of ether oxygens (including phenoxy) is 2. The van der Waals surface area contributed by atoms with Gasteiger partial charge in [-0.05, 0) is 47.5 Å². The Kier molecular flexibility index (Phi) is 5.58. The molecule has 2 rings (SSSR count). The Bertz CT molecular complexity index is 633. The van der Waals surface area contributed by atoms with Crippen LogP contribution in [0.15, 0.2) is 59.1 Å². The van der Waals surface area contributed by atoms with E-state index in [9.17, 15) is 4.79 Å². The maximum absolute atomic E-state index is 11.1. The number of benzene rings is 2. The second-order valence-electron chi connectivity index (χ2n) is 4.34. The summed E-state index contributed by atoms with van der Waals surface area (Å²) in [7, 11) is 1.36. The third-order valence-corrected chi connectivity index (χ3v) is 3.31. The number of rotatable bonds is 5. The summed E-state index contributed by atoms with van der Waals surface area (Å²) in [6, 6.07) is 15.5. The molecule has 0 radical (unpaired) electrons. The van der Waals surface area contributed by atoms with E-state index in [2.05, 4.69) is 20.7 Å². The average molecular weight is 347 g/mol. The molecular formula is C17H15BrO3. The number of hydrogen-bond acceptors (Lipinski definition) is 3. The molecule has 3 nitrogen and oxygen atoms in total. The number of halogens is 1. The average Bonchev–Trinajstić information content (AvgIpc) is 2.52. The summed E-state index contributed by atoms with van der Waals surface area (Å²) in [6.45, 7) is 0.474. The van der Waals surface area contributed by atoms with Crippen molar-refractivity contribution in [2.75, 3.05) is 7.11 Å². The van der Waals surface area contributed by atoms with Crippen LogP contribution >= 0.6 is 15.9 Å². The molecule has 0 aromatic heterocycles. The van der Waals surface area contributed by atoms with Gasteiger partial charge in [0.25, 0.3) is 0 Å². The van der Waals surface area contributed by atoms with Gasteiger partial charge >= 0.3 is 5.97 Å². The fourth-order valence-corrected chi connectivity index (χ4v) is 1.98. The van der Waals surface area contributed by atoms with E-state index in [0.29, 0.717) is 6.61 Å². The van der Waals surface area contributed by atoms with Crippen molar-refractivity contribution >= 4 is 28.0 Å². The SMILES string of the molecule is COC(=O)C=Cc1cccc(COc2ccc(Br)cc2)c1. The van der Waals surface area contributed by atoms with Crippen LogP contribution in [0.3, 0.4) is 0 Å². The Morgan fingerprint density at radius 2 is 1.95 bits per heavy atom. The van der Waals surface area contributed by atoms with Crippen molar-refractivity contribution in [2.45, 2.75) is 6.61 Å². The van der Waals surface area contributed by atoms with Crippen molar-refractivity contribution in [3.63, 3.8) is 0 Å². The van der Waals surface area contributed by atoms with Gasteiger partial charge in [0, 0.05) is 10.5 Å². The molecule has 0 aliphatic rings. The van der Waals surface area contributed by atoms with Crippen molar-refractivity contribution in [1.29, 1.82) is 0 Å². The minimum Gasteiger partial charge on any atom is -0.489 e. The molecule has 0 bridgehead atoms. The zero-order chi connectivity index (χ0) is 15.1. The highest BCUT2D eigenvalue weighted by molar-refractivity contribution is 9.10. The molecule has 0 spiro atoms. The molecule has 0 aliphatic heterocycles. The summed E-state index contributed by atoms with van der Waals surface area (Å²) in [5, 5.41) is 0. The molecule has 108 valence electrons. The van der Waals surface area contributed by atoms with Crippen LogP contribution < -0.4 is 4.74 Å². The number of carbonyl (C=O) groups excluding carboxylic acids is 1. The second kappa shape index (κ2) is 7.64.